The van der Waals surface area contributed by atoms with Gasteiger partial charge >= 0.3 is 5.69 Å². The van der Waals surface area contributed by atoms with Crippen molar-refractivity contribution >= 4 is 11.6 Å². The lowest BCUT2D eigenvalue weighted by molar-refractivity contribution is -0.387. The van der Waals surface area contributed by atoms with E-state index in [1.165, 1.54) is 19.1 Å². The van der Waals surface area contributed by atoms with Crippen LogP contribution in [-0.2, 0) is 11.3 Å². The van der Waals surface area contributed by atoms with Crippen molar-refractivity contribution in [2.45, 2.75) is 19.9 Å². The summed E-state index contributed by atoms with van der Waals surface area (Å²) in [6.07, 6.45) is 0.816. The van der Waals surface area contributed by atoms with E-state index >= 15 is 0 Å². The lowest BCUT2D eigenvalue weighted by Crippen LogP contribution is -2.33. The van der Waals surface area contributed by atoms with Gasteiger partial charge in [-0.2, -0.15) is 4.39 Å². The van der Waals surface area contributed by atoms with Crippen LogP contribution in [0.15, 0.2) is 18.2 Å². The van der Waals surface area contributed by atoms with Crippen molar-refractivity contribution in [2.75, 3.05) is 26.2 Å². The number of hydrogen-bond acceptors (Lipinski definition) is 4. The average Bonchev–Trinajstić information content (AvgIpc) is 2.66. The number of carbonyl (C=O) groups excluding carboxylic acids is 1. The first-order valence-electron chi connectivity index (χ1n) is 6.88. The summed E-state index contributed by atoms with van der Waals surface area (Å²) >= 11 is 0. The molecular formula is C14H18FN3O3. The van der Waals surface area contributed by atoms with Crippen molar-refractivity contribution in [3.63, 3.8) is 0 Å². The highest BCUT2D eigenvalue weighted by atomic mass is 19.1. The van der Waals surface area contributed by atoms with Gasteiger partial charge in [0.05, 0.1) is 4.92 Å². The van der Waals surface area contributed by atoms with E-state index in [0.29, 0.717) is 31.7 Å². The third-order valence-electron chi connectivity index (χ3n) is 3.68. The standard InChI is InChI=1S/C14H18FN3O3/c1-11(19)17-7-3-6-16(8-9-17)10-12-4-2-5-13(14(12)15)18(20)21/h2,4-5H,3,6-10H2,1H3. The fraction of sp³-hybridized carbons (Fsp3) is 0.500. The molecule has 0 aromatic heterocycles. The molecule has 2 rings (SSSR count). The second-order valence-electron chi connectivity index (χ2n) is 5.14. The molecule has 6 nitrogen and oxygen atoms in total. The Morgan fingerprint density at radius 2 is 2.10 bits per heavy atom. The first kappa shape index (κ1) is 15.4. The van der Waals surface area contributed by atoms with E-state index in [1.54, 1.807) is 11.0 Å². The summed E-state index contributed by atoms with van der Waals surface area (Å²) in [4.78, 5) is 25.2. The Labute approximate surface area is 122 Å². The number of nitro groups is 1. The number of benzene rings is 1. The normalized spacial score (nSPS) is 16.6. The first-order chi connectivity index (χ1) is 9.99. The molecule has 1 aliphatic heterocycles. The van der Waals surface area contributed by atoms with Crippen LogP contribution in [0.1, 0.15) is 18.9 Å². The molecule has 0 unspecified atom stereocenters. The Hall–Kier alpha value is -2.02. The van der Waals surface area contributed by atoms with Crippen LogP contribution >= 0.6 is 0 Å². The molecule has 1 saturated heterocycles. The number of halogens is 1. The van der Waals surface area contributed by atoms with Crippen LogP contribution in [0.5, 0.6) is 0 Å². The molecular weight excluding hydrogens is 277 g/mol. The number of carbonyl (C=O) groups is 1. The molecule has 21 heavy (non-hydrogen) atoms. The summed E-state index contributed by atoms with van der Waals surface area (Å²) in [5.41, 5.74) is -0.173. The van der Waals surface area contributed by atoms with E-state index in [9.17, 15) is 19.3 Å². The van der Waals surface area contributed by atoms with Crippen LogP contribution < -0.4 is 0 Å². The lowest BCUT2D eigenvalue weighted by Gasteiger charge is -2.21. The molecule has 0 atom stereocenters. The zero-order valence-electron chi connectivity index (χ0n) is 11.9. The van der Waals surface area contributed by atoms with E-state index in [-0.39, 0.29) is 5.91 Å². The Morgan fingerprint density at radius 3 is 2.76 bits per heavy atom. The molecule has 1 fully saturated rings. The predicted molar refractivity (Wildman–Crippen MR) is 75.2 cm³/mol. The molecule has 1 heterocycles. The molecule has 0 spiro atoms. The van der Waals surface area contributed by atoms with Gasteiger partial charge in [0.1, 0.15) is 0 Å². The highest BCUT2D eigenvalue weighted by Gasteiger charge is 2.21. The van der Waals surface area contributed by atoms with E-state index in [4.69, 9.17) is 0 Å². The smallest absolute Gasteiger partial charge is 0.305 e. The Kier molecular flexibility index (Phi) is 4.85. The van der Waals surface area contributed by atoms with Crippen molar-refractivity contribution in [1.82, 2.24) is 9.80 Å². The number of nitro benzene ring substituents is 1. The van der Waals surface area contributed by atoms with Crippen LogP contribution in [-0.4, -0.2) is 46.8 Å². The van der Waals surface area contributed by atoms with Crippen molar-refractivity contribution in [1.29, 1.82) is 0 Å². The maximum atomic E-state index is 14.1. The molecule has 7 heteroatoms. The van der Waals surface area contributed by atoms with E-state index in [2.05, 4.69) is 0 Å². The summed E-state index contributed by atoms with van der Waals surface area (Å²) in [5.74, 6) is -0.728. The van der Waals surface area contributed by atoms with Gasteiger partial charge in [0.2, 0.25) is 11.7 Å². The van der Waals surface area contributed by atoms with Crippen LogP contribution in [0.2, 0.25) is 0 Å². The van der Waals surface area contributed by atoms with Gasteiger partial charge in [-0.1, -0.05) is 12.1 Å². The minimum absolute atomic E-state index is 0.0402. The van der Waals surface area contributed by atoms with Gasteiger partial charge in [0.25, 0.3) is 0 Å². The Morgan fingerprint density at radius 1 is 1.33 bits per heavy atom. The molecule has 1 amide bonds. The molecule has 1 aromatic carbocycles. The van der Waals surface area contributed by atoms with Gasteiger partial charge in [-0.25, -0.2) is 0 Å². The minimum Gasteiger partial charge on any atom is -0.342 e. The van der Waals surface area contributed by atoms with Crippen molar-refractivity contribution in [2.24, 2.45) is 0 Å². The molecule has 1 aromatic rings. The van der Waals surface area contributed by atoms with Gasteiger partial charge in [-0.05, 0) is 6.42 Å². The van der Waals surface area contributed by atoms with Crippen molar-refractivity contribution in [3.05, 3.63) is 39.7 Å². The first-order valence-corrected chi connectivity index (χ1v) is 6.88. The number of hydrogen-bond donors (Lipinski definition) is 0. The number of amides is 1. The van der Waals surface area contributed by atoms with E-state index in [1.807, 2.05) is 4.90 Å². The second kappa shape index (κ2) is 6.62. The molecule has 0 aliphatic carbocycles. The molecule has 1 aliphatic rings. The quantitative estimate of drug-likeness (QED) is 0.630. The average molecular weight is 295 g/mol. The van der Waals surface area contributed by atoms with Crippen molar-refractivity contribution in [3.8, 4) is 0 Å². The van der Waals surface area contributed by atoms with Crippen LogP contribution in [0, 0.1) is 15.9 Å². The molecule has 0 N–H and O–H groups in total. The van der Waals surface area contributed by atoms with Crippen molar-refractivity contribution < 1.29 is 14.1 Å². The Balaban J connectivity index is 2.07. The molecule has 0 radical (unpaired) electrons. The second-order valence-corrected chi connectivity index (χ2v) is 5.14. The summed E-state index contributed by atoms with van der Waals surface area (Å²) in [5, 5.41) is 10.7. The van der Waals surface area contributed by atoms with E-state index in [0.717, 1.165) is 13.0 Å². The fourth-order valence-corrected chi connectivity index (χ4v) is 2.51. The zero-order chi connectivity index (χ0) is 15.4. The summed E-state index contributed by atoms with van der Waals surface area (Å²) in [6, 6.07) is 4.23. The largest absolute Gasteiger partial charge is 0.342 e. The monoisotopic (exact) mass is 295 g/mol. The third kappa shape index (κ3) is 3.75. The van der Waals surface area contributed by atoms with Gasteiger partial charge in [-0.15, -0.1) is 0 Å². The zero-order valence-corrected chi connectivity index (χ0v) is 11.9. The van der Waals surface area contributed by atoms with Crippen LogP contribution in [0.4, 0.5) is 10.1 Å². The predicted octanol–water partition coefficient (Wildman–Crippen LogP) is 1.79. The maximum absolute atomic E-state index is 14.1. The maximum Gasteiger partial charge on any atom is 0.305 e. The molecule has 0 bridgehead atoms. The van der Waals surface area contributed by atoms with Crippen LogP contribution in [0.25, 0.3) is 0 Å². The van der Waals surface area contributed by atoms with Crippen LogP contribution in [0.3, 0.4) is 0 Å². The Bertz CT molecular complexity index is 550. The highest BCUT2D eigenvalue weighted by Crippen LogP contribution is 2.21. The van der Waals surface area contributed by atoms with Gasteiger partial charge < -0.3 is 4.90 Å². The third-order valence-corrected chi connectivity index (χ3v) is 3.68. The number of nitrogens with zero attached hydrogens (tertiary/aromatic N) is 3. The highest BCUT2D eigenvalue weighted by molar-refractivity contribution is 5.73. The summed E-state index contributed by atoms with van der Waals surface area (Å²) < 4.78 is 14.1. The minimum atomic E-state index is -0.768. The number of rotatable bonds is 3. The summed E-state index contributed by atoms with van der Waals surface area (Å²) in [7, 11) is 0. The SMILES string of the molecule is CC(=O)N1CCCN(Cc2cccc([N+](=O)[O-])c2F)CC1. The summed E-state index contributed by atoms with van der Waals surface area (Å²) in [6.45, 7) is 4.54. The molecule has 0 saturated carbocycles. The van der Waals surface area contributed by atoms with Gasteiger partial charge in [-0.3, -0.25) is 19.8 Å². The van der Waals surface area contributed by atoms with E-state index < -0.39 is 16.4 Å². The fourth-order valence-electron chi connectivity index (χ4n) is 2.51. The molecule has 114 valence electrons. The van der Waals surface area contributed by atoms with Gasteiger partial charge in [0.15, 0.2) is 0 Å². The lowest BCUT2D eigenvalue weighted by atomic mass is 10.1. The van der Waals surface area contributed by atoms with Gasteiger partial charge in [0, 0.05) is 51.3 Å². The topological polar surface area (TPSA) is 66.7 Å².